The van der Waals surface area contributed by atoms with Crippen molar-refractivity contribution in [2.24, 2.45) is 39.7 Å². The van der Waals surface area contributed by atoms with Crippen LogP contribution in [0.15, 0.2) is 29.4 Å². The number of rotatable bonds is 3. The zero-order chi connectivity index (χ0) is 22.7. The topological polar surface area (TPSA) is 85.0 Å². The summed E-state index contributed by atoms with van der Waals surface area (Å²) in [7, 11) is 0. The lowest BCUT2D eigenvalue weighted by Crippen LogP contribution is -2.55. The van der Waals surface area contributed by atoms with Crippen molar-refractivity contribution in [2.75, 3.05) is 0 Å². The number of nitro groups is 1. The number of halogens is 1. The Balaban J connectivity index is 1.31. The van der Waals surface area contributed by atoms with Gasteiger partial charge in [-0.15, -0.1) is 0 Å². The fourth-order valence-corrected chi connectivity index (χ4v) is 8.85. The van der Waals surface area contributed by atoms with Gasteiger partial charge in [0.1, 0.15) is 0 Å². The summed E-state index contributed by atoms with van der Waals surface area (Å²) in [6.45, 7) is 4.85. The van der Waals surface area contributed by atoms with E-state index in [0.717, 1.165) is 43.2 Å². The number of benzene rings is 1. The van der Waals surface area contributed by atoms with Crippen LogP contribution in [0.2, 0.25) is 0 Å². The summed E-state index contributed by atoms with van der Waals surface area (Å²) in [5, 5.41) is 26.0. The number of fused-ring (bicyclic) bond motifs is 5. The van der Waals surface area contributed by atoms with Crippen molar-refractivity contribution < 1.29 is 14.9 Å². The van der Waals surface area contributed by atoms with E-state index >= 15 is 0 Å². The van der Waals surface area contributed by atoms with E-state index in [1.165, 1.54) is 37.8 Å². The molecule has 0 aromatic heterocycles. The molecule has 1 aromatic rings. The Labute approximate surface area is 198 Å². The summed E-state index contributed by atoms with van der Waals surface area (Å²) in [6, 6.07) is 6.07. The van der Waals surface area contributed by atoms with Gasteiger partial charge in [0.2, 0.25) is 0 Å². The van der Waals surface area contributed by atoms with E-state index in [9.17, 15) is 15.2 Å². The molecule has 0 unspecified atom stereocenters. The fraction of sp³-hybridized carbons (Fsp3) is 0.720. The number of hydrogen-bond donors (Lipinski definition) is 1. The monoisotopic (exact) mass is 504 g/mol. The standard InChI is InChI=1S/C25H33BrN2O4/c1-24-12-11-20-18(19(24)9-10-23(24)29)8-3-15-13-22(21(26)14-25(15,20)2)27-32-17-6-4-16(5-7-17)28(30)31/h4-7,15,18-21,23,29H,3,8-14H2,1-2H3/b27-22-/t15-,18-,19-,20-,21+,23-,24-,25-/m0/s1. The van der Waals surface area contributed by atoms with Crippen LogP contribution in [-0.4, -0.2) is 26.7 Å². The molecule has 32 heavy (non-hydrogen) atoms. The molecule has 0 bridgehead atoms. The summed E-state index contributed by atoms with van der Waals surface area (Å²) >= 11 is 3.91. The number of aliphatic hydroxyl groups is 1. The van der Waals surface area contributed by atoms with E-state index in [4.69, 9.17) is 4.84 Å². The molecule has 6 nitrogen and oxygen atoms in total. The molecule has 7 heteroatoms. The molecule has 4 saturated carbocycles. The normalized spacial score (nSPS) is 44.4. The summed E-state index contributed by atoms with van der Waals surface area (Å²) in [4.78, 5) is 16.3. The molecule has 4 fully saturated rings. The van der Waals surface area contributed by atoms with E-state index < -0.39 is 4.92 Å². The maximum absolute atomic E-state index is 10.8. The lowest BCUT2D eigenvalue weighted by atomic mass is 9.45. The third-order valence-electron chi connectivity index (χ3n) is 9.77. The van der Waals surface area contributed by atoms with Gasteiger partial charge in [-0.2, -0.15) is 0 Å². The van der Waals surface area contributed by atoms with Crippen molar-refractivity contribution in [3.63, 3.8) is 0 Å². The second-order valence-electron chi connectivity index (χ2n) is 11.1. The van der Waals surface area contributed by atoms with E-state index in [2.05, 4.69) is 34.9 Å². The van der Waals surface area contributed by atoms with Gasteiger partial charge in [0, 0.05) is 12.1 Å². The van der Waals surface area contributed by atoms with Gasteiger partial charge in [0.25, 0.3) is 5.69 Å². The van der Waals surface area contributed by atoms with Crippen LogP contribution in [0.3, 0.4) is 0 Å². The number of hydrogen-bond acceptors (Lipinski definition) is 5. The highest BCUT2D eigenvalue weighted by atomic mass is 79.9. The first kappa shape index (κ1) is 22.3. The first-order valence-corrected chi connectivity index (χ1v) is 12.9. The molecule has 0 heterocycles. The Morgan fingerprint density at radius 3 is 2.53 bits per heavy atom. The van der Waals surface area contributed by atoms with Gasteiger partial charge in [-0.1, -0.05) is 34.9 Å². The zero-order valence-corrected chi connectivity index (χ0v) is 20.5. The second kappa shape index (κ2) is 8.08. The molecule has 1 N–H and O–H groups in total. The van der Waals surface area contributed by atoms with Gasteiger partial charge in [0.05, 0.1) is 21.6 Å². The van der Waals surface area contributed by atoms with Crippen molar-refractivity contribution in [2.45, 2.75) is 76.1 Å². The van der Waals surface area contributed by atoms with Crippen molar-refractivity contribution in [1.29, 1.82) is 0 Å². The van der Waals surface area contributed by atoms with Gasteiger partial charge in [-0.3, -0.25) is 10.1 Å². The molecule has 0 spiro atoms. The molecule has 4 aliphatic carbocycles. The van der Waals surface area contributed by atoms with Crippen LogP contribution in [0, 0.1) is 44.6 Å². The summed E-state index contributed by atoms with van der Waals surface area (Å²) in [5.41, 5.74) is 1.50. The number of nitrogens with zero attached hydrogens (tertiary/aromatic N) is 2. The van der Waals surface area contributed by atoms with Gasteiger partial charge in [-0.05, 0) is 98.0 Å². The highest BCUT2D eigenvalue weighted by molar-refractivity contribution is 9.10. The predicted molar refractivity (Wildman–Crippen MR) is 127 cm³/mol. The number of oxime groups is 1. The third-order valence-corrected chi connectivity index (χ3v) is 10.6. The van der Waals surface area contributed by atoms with Crippen LogP contribution >= 0.6 is 15.9 Å². The predicted octanol–water partition coefficient (Wildman–Crippen LogP) is 6.11. The van der Waals surface area contributed by atoms with Crippen molar-refractivity contribution in [3.8, 4) is 5.75 Å². The van der Waals surface area contributed by atoms with E-state index in [1.807, 2.05) is 0 Å². The molecule has 8 atom stereocenters. The Morgan fingerprint density at radius 1 is 1.09 bits per heavy atom. The number of alkyl halides is 1. The summed E-state index contributed by atoms with van der Waals surface area (Å²) in [5.74, 6) is 3.26. The molecule has 0 amide bonds. The first-order chi connectivity index (χ1) is 15.2. The average Bonchev–Trinajstić information content (AvgIpc) is 3.07. The molecule has 5 rings (SSSR count). The summed E-state index contributed by atoms with van der Waals surface area (Å²) in [6.07, 6.45) is 8.91. The minimum absolute atomic E-state index is 0.0481. The van der Waals surface area contributed by atoms with Crippen LogP contribution in [0.5, 0.6) is 5.75 Å². The molecular formula is C25H33BrN2O4. The number of non-ortho nitro benzene ring substituents is 1. The molecule has 0 aliphatic heterocycles. The Bertz CT molecular complexity index is 921. The maximum Gasteiger partial charge on any atom is 0.269 e. The van der Waals surface area contributed by atoms with Crippen LogP contribution in [0.1, 0.15) is 65.2 Å². The van der Waals surface area contributed by atoms with Crippen LogP contribution < -0.4 is 4.84 Å². The minimum atomic E-state index is -0.414. The van der Waals surface area contributed by atoms with E-state index in [0.29, 0.717) is 23.0 Å². The molecular weight excluding hydrogens is 472 g/mol. The van der Waals surface area contributed by atoms with Crippen molar-refractivity contribution >= 4 is 27.3 Å². The molecule has 4 aliphatic rings. The SMILES string of the molecule is C[C@]12C[C@@H](Br)/C(=N\Oc3ccc([N+](=O)[O-])cc3)C[C@@H]1CC[C@@H]1[C@@H]2CC[C@]2(C)[C@@H](O)CC[C@@H]12. The maximum atomic E-state index is 10.8. The van der Waals surface area contributed by atoms with Crippen LogP contribution in [0.25, 0.3) is 0 Å². The third kappa shape index (κ3) is 3.51. The van der Waals surface area contributed by atoms with Crippen molar-refractivity contribution in [1.82, 2.24) is 0 Å². The quantitative estimate of drug-likeness (QED) is 0.305. The second-order valence-corrected chi connectivity index (χ2v) is 12.2. The fourth-order valence-electron chi connectivity index (χ4n) is 7.88. The minimum Gasteiger partial charge on any atom is -0.393 e. The number of aliphatic hydroxyl groups excluding tert-OH is 1. The number of nitro benzene ring substituents is 1. The molecule has 0 radical (unpaired) electrons. The lowest BCUT2D eigenvalue weighted by Gasteiger charge is -2.60. The molecule has 174 valence electrons. The summed E-state index contributed by atoms with van der Waals surface area (Å²) < 4.78 is 0. The Hall–Kier alpha value is -1.47. The Kier molecular flexibility index (Phi) is 5.64. The molecule has 0 saturated heterocycles. The Morgan fingerprint density at radius 2 is 1.81 bits per heavy atom. The van der Waals surface area contributed by atoms with E-state index in [-0.39, 0.29) is 22.0 Å². The first-order valence-electron chi connectivity index (χ1n) is 12.0. The zero-order valence-electron chi connectivity index (χ0n) is 18.9. The van der Waals surface area contributed by atoms with Crippen LogP contribution in [0.4, 0.5) is 5.69 Å². The average molecular weight is 505 g/mol. The van der Waals surface area contributed by atoms with Gasteiger partial charge in [-0.25, -0.2) is 0 Å². The highest BCUT2D eigenvalue weighted by Crippen LogP contribution is 2.66. The molecule has 1 aromatic carbocycles. The lowest BCUT2D eigenvalue weighted by molar-refractivity contribution is -0.384. The van der Waals surface area contributed by atoms with Gasteiger partial charge in [0.15, 0.2) is 5.75 Å². The largest absolute Gasteiger partial charge is 0.393 e. The van der Waals surface area contributed by atoms with Gasteiger partial charge >= 0.3 is 0 Å². The van der Waals surface area contributed by atoms with Gasteiger partial charge < -0.3 is 9.94 Å². The van der Waals surface area contributed by atoms with Crippen molar-refractivity contribution in [3.05, 3.63) is 34.4 Å². The van der Waals surface area contributed by atoms with E-state index in [1.54, 1.807) is 12.1 Å². The van der Waals surface area contributed by atoms with Crippen LogP contribution in [-0.2, 0) is 0 Å². The highest BCUT2D eigenvalue weighted by Gasteiger charge is 2.60. The smallest absolute Gasteiger partial charge is 0.269 e.